The molecule has 1 fully saturated rings. The summed E-state index contributed by atoms with van der Waals surface area (Å²) in [5, 5.41) is 5.07. The van der Waals surface area contributed by atoms with E-state index < -0.39 is 0 Å². The third-order valence-electron chi connectivity index (χ3n) is 9.08. The van der Waals surface area contributed by atoms with Gasteiger partial charge in [0.15, 0.2) is 12.3 Å². The van der Waals surface area contributed by atoms with Gasteiger partial charge in [0, 0.05) is 68.9 Å². The molecule has 0 saturated carbocycles. The van der Waals surface area contributed by atoms with Crippen LogP contribution in [0.1, 0.15) is 12.8 Å². The lowest BCUT2D eigenvalue weighted by Gasteiger charge is -2.34. The molecule has 0 unspecified atom stereocenters. The van der Waals surface area contributed by atoms with Crippen LogP contribution >= 0.6 is 0 Å². The number of nitrogens with one attached hydrogen (secondary N) is 1. The number of nitrogens with zero attached hydrogens (tertiary/aromatic N) is 8. The zero-order chi connectivity index (χ0) is 30.7. The molecule has 8 rings (SSSR count). The van der Waals surface area contributed by atoms with Crippen LogP contribution in [0.2, 0.25) is 0 Å². The Hall–Kier alpha value is -5.10. The normalized spacial score (nSPS) is 18.0. The van der Waals surface area contributed by atoms with E-state index in [0.29, 0.717) is 47.2 Å². The van der Waals surface area contributed by atoms with Gasteiger partial charge in [0.25, 0.3) is 11.5 Å². The molecule has 1 N–H and O–H groups in total. The van der Waals surface area contributed by atoms with Crippen molar-refractivity contribution in [3.8, 4) is 11.4 Å². The van der Waals surface area contributed by atoms with Crippen LogP contribution in [0.15, 0.2) is 65.7 Å². The quantitative estimate of drug-likeness (QED) is 0.311. The van der Waals surface area contributed by atoms with E-state index in [4.69, 9.17) is 9.72 Å². The van der Waals surface area contributed by atoms with E-state index in [2.05, 4.69) is 69.2 Å². The third-order valence-corrected chi connectivity index (χ3v) is 9.08. The molecule has 0 aliphatic carbocycles. The smallest absolute Gasteiger partial charge is 0.278 e. The molecule has 5 aromatic rings. The van der Waals surface area contributed by atoms with Gasteiger partial charge in [-0.3, -0.25) is 9.59 Å². The fourth-order valence-corrected chi connectivity index (χ4v) is 6.61. The summed E-state index contributed by atoms with van der Waals surface area (Å²) < 4.78 is 11.4. The Morgan fingerprint density at radius 1 is 0.911 bits per heavy atom. The Balaban J connectivity index is 1.24. The second-order valence-electron chi connectivity index (χ2n) is 12.0. The molecular weight excluding hydrogens is 570 g/mol. The summed E-state index contributed by atoms with van der Waals surface area (Å²) in [5.74, 6) is 0.969. The molecular formula is C33H35N9O3. The van der Waals surface area contributed by atoms with E-state index in [1.807, 2.05) is 29.0 Å². The summed E-state index contributed by atoms with van der Waals surface area (Å²) in [6, 6.07) is 12.1. The standard InChI is InChI=1S/C33H35N9O3/c1-37-13-15-39(16-14-37)27-18-22(17-26-24(27)9-12-38(26)2)35-33-34-20-25-31(36-33)42-23-7-8-29-28(19-23)40(30(43)21-45-29)10-5-3-4-6-11-41(42)32(25)44/h4,6-9,12,17-20H,3,5,10-11,13-16,21H2,1-2H3,(H,34,35,36)/b6-4-. The zero-order valence-electron chi connectivity index (χ0n) is 25.4. The molecule has 1 saturated heterocycles. The highest BCUT2D eigenvalue weighted by atomic mass is 16.5. The summed E-state index contributed by atoms with van der Waals surface area (Å²) in [7, 11) is 4.21. The number of carbonyl (C=O) groups excluding carboxylic acids is 1. The number of hydrogen-bond donors (Lipinski definition) is 1. The van der Waals surface area contributed by atoms with Crippen molar-refractivity contribution in [2.24, 2.45) is 7.05 Å². The number of rotatable bonds is 3. The molecule has 6 heterocycles. The molecule has 0 radical (unpaired) electrons. The first-order chi connectivity index (χ1) is 21.9. The van der Waals surface area contributed by atoms with Gasteiger partial charge in [-0.1, -0.05) is 12.2 Å². The Morgan fingerprint density at radius 2 is 1.78 bits per heavy atom. The molecule has 3 aliphatic heterocycles. The number of ether oxygens (including phenoxy) is 1. The predicted molar refractivity (Wildman–Crippen MR) is 175 cm³/mol. The second-order valence-corrected chi connectivity index (χ2v) is 12.0. The molecule has 12 nitrogen and oxygen atoms in total. The van der Waals surface area contributed by atoms with Gasteiger partial charge in [0.2, 0.25) is 5.95 Å². The molecule has 12 heteroatoms. The molecule has 230 valence electrons. The fraction of sp³-hybridized carbons (Fsp3) is 0.333. The van der Waals surface area contributed by atoms with Crippen molar-refractivity contribution in [2.45, 2.75) is 19.4 Å². The number of piperazine rings is 1. The number of likely N-dealkylation sites (N-methyl/N-ethyl adjacent to an activating group) is 1. The van der Waals surface area contributed by atoms with E-state index in [1.165, 1.54) is 11.1 Å². The van der Waals surface area contributed by atoms with Crippen molar-refractivity contribution in [3.05, 3.63) is 71.3 Å². The summed E-state index contributed by atoms with van der Waals surface area (Å²) >= 11 is 0. The molecule has 3 aliphatic rings. The lowest BCUT2D eigenvalue weighted by atomic mass is 10.1. The van der Waals surface area contributed by atoms with Crippen LogP contribution < -0.4 is 25.4 Å². The Bertz CT molecular complexity index is 2050. The highest BCUT2D eigenvalue weighted by molar-refractivity contribution is 5.98. The van der Waals surface area contributed by atoms with Crippen LogP contribution in [-0.2, 0) is 18.4 Å². The summed E-state index contributed by atoms with van der Waals surface area (Å²) in [6.45, 7) is 4.93. The monoisotopic (exact) mass is 605 g/mol. The summed E-state index contributed by atoms with van der Waals surface area (Å²) in [6.07, 6.45) is 9.35. The average Bonchev–Trinajstić information content (AvgIpc) is 3.55. The molecule has 2 aromatic carbocycles. The summed E-state index contributed by atoms with van der Waals surface area (Å²) in [5.41, 5.74) is 4.88. The number of aryl methyl sites for hydroxylation is 1. The highest BCUT2D eigenvalue weighted by Gasteiger charge is 2.27. The number of fused-ring (bicyclic) bond motifs is 6. The number of amides is 1. The van der Waals surface area contributed by atoms with Crippen LogP contribution in [0.25, 0.3) is 27.6 Å². The number of allylic oxidation sites excluding steroid dienone is 2. The van der Waals surface area contributed by atoms with Gasteiger partial charge in [-0.05, 0) is 56.3 Å². The Morgan fingerprint density at radius 3 is 2.64 bits per heavy atom. The zero-order valence-corrected chi connectivity index (χ0v) is 25.4. The van der Waals surface area contributed by atoms with Gasteiger partial charge in [0.05, 0.1) is 23.4 Å². The van der Waals surface area contributed by atoms with Crippen LogP contribution in [0.5, 0.6) is 5.75 Å². The van der Waals surface area contributed by atoms with Crippen molar-refractivity contribution in [3.63, 3.8) is 0 Å². The van der Waals surface area contributed by atoms with E-state index >= 15 is 0 Å². The first kappa shape index (κ1) is 27.4. The predicted octanol–water partition coefficient (Wildman–Crippen LogP) is 3.64. The third kappa shape index (κ3) is 4.72. The molecule has 45 heavy (non-hydrogen) atoms. The Labute approximate surface area is 259 Å². The van der Waals surface area contributed by atoms with E-state index in [9.17, 15) is 9.59 Å². The first-order valence-corrected chi connectivity index (χ1v) is 15.5. The SMILES string of the molecule is CN1CCN(c2cc(Nc3ncc4c(=O)n5n(c4n3)-c3ccc4c(c3)N(CCC/C=C\C5)C(=O)CO4)cc3c2ccn3C)CC1. The van der Waals surface area contributed by atoms with Crippen LogP contribution in [-0.4, -0.2) is 81.1 Å². The van der Waals surface area contributed by atoms with Gasteiger partial charge in [-0.25, -0.2) is 14.3 Å². The minimum atomic E-state index is -0.178. The molecule has 0 spiro atoms. The first-order valence-electron chi connectivity index (χ1n) is 15.5. The number of hydrogen-bond acceptors (Lipinski definition) is 8. The number of anilines is 4. The molecule has 2 bridgehead atoms. The van der Waals surface area contributed by atoms with Crippen LogP contribution in [0.3, 0.4) is 0 Å². The average molecular weight is 606 g/mol. The number of benzene rings is 2. The Kier molecular flexibility index (Phi) is 6.59. The van der Waals surface area contributed by atoms with Gasteiger partial charge >= 0.3 is 0 Å². The van der Waals surface area contributed by atoms with Crippen molar-refractivity contribution >= 4 is 50.9 Å². The maximum atomic E-state index is 13.7. The molecule has 3 aromatic heterocycles. The lowest BCUT2D eigenvalue weighted by Crippen LogP contribution is -2.44. The van der Waals surface area contributed by atoms with Crippen LogP contribution in [0.4, 0.5) is 23.0 Å². The topological polar surface area (TPSA) is 106 Å². The molecule has 0 atom stereocenters. The van der Waals surface area contributed by atoms with E-state index in [-0.39, 0.29) is 18.1 Å². The van der Waals surface area contributed by atoms with Crippen molar-refractivity contribution in [1.29, 1.82) is 0 Å². The number of aromatic nitrogens is 5. The van der Waals surface area contributed by atoms with Crippen molar-refractivity contribution in [2.75, 3.05) is 61.5 Å². The maximum Gasteiger partial charge on any atom is 0.278 e. The maximum absolute atomic E-state index is 13.7. The minimum absolute atomic E-state index is 0.0205. The summed E-state index contributed by atoms with van der Waals surface area (Å²) in [4.78, 5) is 42.6. The van der Waals surface area contributed by atoms with Gasteiger partial charge in [-0.15, -0.1) is 0 Å². The largest absolute Gasteiger partial charge is 0.482 e. The van der Waals surface area contributed by atoms with Gasteiger partial charge in [-0.2, -0.15) is 4.98 Å². The van der Waals surface area contributed by atoms with Crippen LogP contribution in [0, 0.1) is 0 Å². The fourth-order valence-electron chi connectivity index (χ4n) is 6.61. The van der Waals surface area contributed by atoms with Crippen molar-refractivity contribution in [1.82, 2.24) is 28.8 Å². The molecule has 1 amide bonds. The van der Waals surface area contributed by atoms with Crippen molar-refractivity contribution < 1.29 is 9.53 Å². The lowest BCUT2D eigenvalue weighted by molar-refractivity contribution is -0.121. The van der Waals surface area contributed by atoms with E-state index in [1.54, 1.807) is 15.8 Å². The second kappa shape index (κ2) is 10.8. The van der Waals surface area contributed by atoms with E-state index in [0.717, 1.165) is 50.2 Å². The highest BCUT2D eigenvalue weighted by Crippen LogP contribution is 2.36. The number of carbonyl (C=O) groups is 1. The minimum Gasteiger partial charge on any atom is -0.482 e. The van der Waals surface area contributed by atoms with Gasteiger partial charge in [0.1, 0.15) is 11.1 Å². The van der Waals surface area contributed by atoms with Gasteiger partial charge < -0.3 is 29.3 Å².